The number of hydrogen-bond donors (Lipinski definition) is 2. The van der Waals surface area contributed by atoms with E-state index < -0.39 is 5.60 Å². The summed E-state index contributed by atoms with van der Waals surface area (Å²) in [5, 5.41) is 10.9. The van der Waals surface area contributed by atoms with Crippen molar-refractivity contribution in [2.45, 2.75) is 25.5 Å². The van der Waals surface area contributed by atoms with Crippen molar-refractivity contribution in [2.24, 2.45) is 0 Å². The number of imidazole rings is 2. The number of benzene rings is 1. The molecular formula is C21H19N7O2. The van der Waals surface area contributed by atoms with E-state index in [9.17, 15) is 5.11 Å². The van der Waals surface area contributed by atoms with E-state index in [-0.39, 0.29) is 5.95 Å². The molecule has 4 aromatic rings. The van der Waals surface area contributed by atoms with Gasteiger partial charge in [-0.05, 0) is 25.1 Å². The highest BCUT2D eigenvalue weighted by Crippen LogP contribution is 2.31. The molecule has 1 atom stereocenters. The van der Waals surface area contributed by atoms with Gasteiger partial charge in [-0.25, -0.2) is 14.5 Å². The van der Waals surface area contributed by atoms with Crippen LogP contribution < -0.4 is 10.5 Å². The van der Waals surface area contributed by atoms with Crippen molar-refractivity contribution < 1.29 is 9.84 Å². The highest BCUT2D eigenvalue weighted by molar-refractivity contribution is 5.80. The van der Waals surface area contributed by atoms with Crippen molar-refractivity contribution in [1.82, 2.24) is 29.1 Å². The third-order valence-corrected chi connectivity index (χ3v) is 5.00. The zero-order chi connectivity index (χ0) is 20.7. The Balaban J connectivity index is 1.61. The Morgan fingerprint density at radius 1 is 1.23 bits per heavy atom. The van der Waals surface area contributed by atoms with Crippen molar-refractivity contribution in [2.75, 3.05) is 12.3 Å². The van der Waals surface area contributed by atoms with Gasteiger partial charge in [-0.3, -0.25) is 0 Å². The zero-order valence-corrected chi connectivity index (χ0v) is 16.3. The lowest BCUT2D eigenvalue weighted by Crippen LogP contribution is -2.20. The number of hydrogen-bond acceptors (Lipinski definition) is 7. The Morgan fingerprint density at radius 2 is 2.13 bits per heavy atom. The van der Waals surface area contributed by atoms with Crippen LogP contribution >= 0.6 is 0 Å². The fourth-order valence-electron chi connectivity index (χ4n) is 3.61. The van der Waals surface area contributed by atoms with Gasteiger partial charge in [0.15, 0.2) is 11.4 Å². The number of aliphatic hydroxyl groups is 1. The molecule has 5 rings (SSSR count). The maximum Gasteiger partial charge on any atom is 0.303 e. The summed E-state index contributed by atoms with van der Waals surface area (Å²) in [7, 11) is 0. The smallest absolute Gasteiger partial charge is 0.303 e. The summed E-state index contributed by atoms with van der Waals surface area (Å²) in [6.45, 7) is 3.04. The Kier molecular flexibility index (Phi) is 4.15. The number of ether oxygens (including phenoxy) is 1. The van der Waals surface area contributed by atoms with Crippen molar-refractivity contribution in [1.29, 1.82) is 0 Å². The maximum atomic E-state index is 10.9. The van der Waals surface area contributed by atoms with Gasteiger partial charge in [-0.1, -0.05) is 11.8 Å². The standard InChI is InChI=1S/C21H19N7O2/c1-2-30-20-25-15-4-3-14(5-7-21(29)8-11-27-12-10-23-18(21)27)13-16(15)28(20)17-6-9-24-19(22)26-17/h3-4,6,9-10,12-13,29H,2,8,11H2,1H3,(H2,22,24,26)/t21-/m0/s1. The van der Waals surface area contributed by atoms with Crippen LogP contribution in [0, 0.1) is 11.8 Å². The third kappa shape index (κ3) is 2.94. The molecule has 0 bridgehead atoms. The van der Waals surface area contributed by atoms with Crippen LogP contribution in [0.3, 0.4) is 0 Å². The summed E-state index contributed by atoms with van der Waals surface area (Å²) in [6, 6.07) is 7.76. The molecule has 150 valence electrons. The Labute approximate surface area is 172 Å². The second-order valence-electron chi connectivity index (χ2n) is 6.94. The topological polar surface area (TPSA) is 117 Å². The molecule has 1 aliphatic heterocycles. The largest absolute Gasteiger partial charge is 0.465 e. The van der Waals surface area contributed by atoms with Crippen LogP contribution in [0.5, 0.6) is 6.01 Å². The fraction of sp³-hybridized carbons (Fsp3) is 0.238. The van der Waals surface area contributed by atoms with Gasteiger partial charge < -0.3 is 20.1 Å². The minimum absolute atomic E-state index is 0.159. The first-order chi connectivity index (χ1) is 14.6. The molecule has 0 saturated heterocycles. The molecule has 30 heavy (non-hydrogen) atoms. The van der Waals surface area contributed by atoms with Gasteiger partial charge in [0.25, 0.3) is 0 Å². The third-order valence-electron chi connectivity index (χ3n) is 5.00. The number of nitrogens with two attached hydrogens (primary N) is 1. The van der Waals surface area contributed by atoms with Crippen LogP contribution in [0.15, 0.2) is 42.9 Å². The molecule has 0 spiro atoms. The minimum atomic E-state index is -1.25. The average molecular weight is 401 g/mol. The van der Waals surface area contributed by atoms with Crippen LogP contribution in [0.2, 0.25) is 0 Å². The van der Waals surface area contributed by atoms with Crippen LogP contribution in [0.4, 0.5) is 5.95 Å². The number of nitrogen functional groups attached to an aromatic ring is 1. The summed E-state index contributed by atoms with van der Waals surface area (Å²) < 4.78 is 9.40. The van der Waals surface area contributed by atoms with Gasteiger partial charge in [-0.15, -0.1) is 0 Å². The molecule has 9 heteroatoms. The number of aromatic nitrogens is 6. The van der Waals surface area contributed by atoms with Crippen LogP contribution in [0.25, 0.3) is 16.9 Å². The summed E-state index contributed by atoms with van der Waals surface area (Å²) in [6.07, 6.45) is 5.62. The van der Waals surface area contributed by atoms with Crippen LogP contribution in [-0.4, -0.2) is 40.8 Å². The van der Waals surface area contributed by atoms with Gasteiger partial charge in [0.05, 0.1) is 17.6 Å². The normalized spacial score (nSPS) is 17.5. The van der Waals surface area contributed by atoms with Gasteiger partial charge in [0.1, 0.15) is 5.82 Å². The first-order valence-corrected chi connectivity index (χ1v) is 9.59. The van der Waals surface area contributed by atoms with E-state index in [0.717, 1.165) is 16.6 Å². The number of aryl methyl sites for hydroxylation is 1. The summed E-state index contributed by atoms with van der Waals surface area (Å²) >= 11 is 0. The second kappa shape index (κ2) is 6.86. The molecule has 9 nitrogen and oxygen atoms in total. The van der Waals surface area contributed by atoms with Crippen molar-refractivity contribution >= 4 is 17.0 Å². The van der Waals surface area contributed by atoms with Crippen molar-refractivity contribution in [3.8, 4) is 23.7 Å². The van der Waals surface area contributed by atoms with E-state index >= 15 is 0 Å². The molecule has 3 aromatic heterocycles. The lowest BCUT2D eigenvalue weighted by molar-refractivity contribution is 0.0980. The number of anilines is 1. The Bertz CT molecular complexity index is 1310. The number of rotatable bonds is 3. The highest BCUT2D eigenvalue weighted by atomic mass is 16.5. The van der Waals surface area contributed by atoms with Crippen LogP contribution in [0.1, 0.15) is 24.7 Å². The molecule has 4 heterocycles. The van der Waals surface area contributed by atoms with E-state index in [4.69, 9.17) is 10.5 Å². The van der Waals surface area contributed by atoms with E-state index in [0.29, 0.717) is 37.2 Å². The number of nitrogens with zero attached hydrogens (tertiary/aromatic N) is 6. The average Bonchev–Trinajstić information content (AvgIpc) is 3.42. The SMILES string of the molecule is CCOc1nc2ccc(C#C[C@]3(O)CCn4ccnc43)cc2n1-c1ccnc(N)n1. The number of fused-ring (bicyclic) bond motifs is 2. The monoisotopic (exact) mass is 401 g/mol. The Hall–Kier alpha value is -3.90. The summed E-state index contributed by atoms with van der Waals surface area (Å²) in [5.41, 5.74) is 6.74. The van der Waals surface area contributed by atoms with Gasteiger partial charge in [0.2, 0.25) is 5.95 Å². The highest BCUT2D eigenvalue weighted by Gasteiger charge is 2.37. The van der Waals surface area contributed by atoms with E-state index in [2.05, 4.69) is 31.8 Å². The van der Waals surface area contributed by atoms with Gasteiger partial charge >= 0.3 is 6.01 Å². The van der Waals surface area contributed by atoms with Crippen LogP contribution in [-0.2, 0) is 12.1 Å². The predicted molar refractivity (Wildman–Crippen MR) is 110 cm³/mol. The van der Waals surface area contributed by atoms with Gasteiger partial charge in [-0.2, -0.15) is 9.97 Å². The minimum Gasteiger partial charge on any atom is -0.465 e. The quantitative estimate of drug-likeness (QED) is 0.501. The molecule has 1 aliphatic rings. The predicted octanol–water partition coefficient (Wildman–Crippen LogP) is 1.64. The molecule has 0 unspecified atom stereocenters. The maximum absolute atomic E-state index is 10.9. The van der Waals surface area contributed by atoms with E-state index in [1.54, 1.807) is 23.0 Å². The first-order valence-electron chi connectivity index (χ1n) is 9.59. The first kappa shape index (κ1) is 18.1. The zero-order valence-electron chi connectivity index (χ0n) is 16.3. The molecule has 0 saturated carbocycles. The van der Waals surface area contributed by atoms with E-state index in [1.807, 2.05) is 35.9 Å². The lowest BCUT2D eigenvalue weighted by atomic mass is 10.0. The molecule has 0 amide bonds. The molecule has 3 N–H and O–H groups in total. The lowest BCUT2D eigenvalue weighted by Gasteiger charge is -2.12. The van der Waals surface area contributed by atoms with E-state index in [1.165, 1.54) is 0 Å². The Morgan fingerprint density at radius 3 is 2.97 bits per heavy atom. The molecule has 0 aliphatic carbocycles. The molecule has 0 fully saturated rings. The molecular weight excluding hydrogens is 382 g/mol. The van der Waals surface area contributed by atoms with Crippen molar-refractivity contribution in [3.05, 3.63) is 54.2 Å². The fourth-order valence-corrected chi connectivity index (χ4v) is 3.61. The van der Waals surface area contributed by atoms with Crippen molar-refractivity contribution in [3.63, 3.8) is 0 Å². The second-order valence-corrected chi connectivity index (χ2v) is 6.94. The molecule has 0 radical (unpaired) electrons. The summed E-state index contributed by atoms with van der Waals surface area (Å²) in [5.74, 6) is 7.38. The molecule has 1 aromatic carbocycles. The summed E-state index contributed by atoms with van der Waals surface area (Å²) in [4.78, 5) is 17.1. The van der Waals surface area contributed by atoms with Gasteiger partial charge in [0, 0.05) is 43.2 Å².